The summed E-state index contributed by atoms with van der Waals surface area (Å²) in [6.45, 7) is 2.37. The van der Waals surface area contributed by atoms with Gasteiger partial charge in [0.15, 0.2) is 0 Å². The Morgan fingerprint density at radius 1 is 1.40 bits per heavy atom. The highest BCUT2D eigenvalue weighted by atomic mass is 16.3. The van der Waals surface area contributed by atoms with E-state index in [1.165, 1.54) is 0 Å². The van der Waals surface area contributed by atoms with E-state index in [-0.39, 0.29) is 5.91 Å². The number of hydrogen-bond acceptors (Lipinski definition) is 5. The molecule has 1 fully saturated rings. The molecule has 1 aliphatic heterocycles. The maximum atomic E-state index is 12.3. The number of β-amino-alcohol motifs (C(OH)–C–C–N with tert-alkyl or cyclic N) is 1. The van der Waals surface area contributed by atoms with Gasteiger partial charge in [-0.3, -0.25) is 4.79 Å². The molecule has 7 nitrogen and oxygen atoms in total. The molecular formula is C18H25N5O2. The number of carbonyl (C=O) groups excluding carboxylic acids is 1. The molecule has 0 unspecified atom stereocenters. The van der Waals surface area contributed by atoms with Gasteiger partial charge in [0.1, 0.15) is 11.4 Å². The number of carbonyl (C=O) groups is 1. The minimum Gasteiger partial charge on any atom is -0.386 e. The highest BCUT2D eigenvalue weighted by Gasteiger charge is 2.38. The lowest BCUT2D eigenvalue weighted by atomic mass is 10.0. The molecule has 0 aromatic carbocycles. The van der Waals surface area contributed by atoms with Crippen LogP contribution < -0.4 is 4.90 Å². The summed E-state index contributed by atoms with van der Waals surface area (Å²) < 4.78 is 1.96. The van der Waals surface area contributed by atoms with Crippen molar-refractivity contribution in [1.29, 1.82) is 0 Å². The number of hydrogen-bond donors (Lipinski definition) is 1. The molecule has 1 aliphatic rings. The number of aromatic nitrogens is 3. The van der Waals surface area contributed by atoms with Crippen molar-refractivity contribution in [3.63, 3.8) is 0 Å². The molecule has 3 heterocycles. The number of imidazole rings is 1. The summed E-state index contributed by atoms with van der Waals surface area (Å²) in [5.74, 6) is 0.928. The van der Waals surface area contributed by atoms with Crippen LogP contribution in [0.25, 0.3) is 0 Å². The molecular weight excluding hydrogens is 318 g/mol. The summed E-state index contributed by atoms with van der Waals surface area (Å²) in [5.41, 5.74) is -0.883. The molecule has 1 N–H and O–H groups in total. The third-order valence-electron chi connectivity index (χ3n) is 4.63. The lowest BCUT2D eigenvalue weighted by Crippen LogP contribution is -2.45. The molecule has 0 saturated carbocycles. The van der Waals surface area contributed by atoms with E-state index >= 15 is 0 Å². The molecule has 2 aromatic rings. The van der Waals surface area contributed by atoms with Crippen LogP contribution >= 0.6 is 0 Å². The quantitative estimate of drug-likeness (QED) is 0.816. The summed E-state index contributed by atoms with van der Waals surface area (Å²) in [4.78, 5) is 24.4. The van der Waals surface area contributed by atoms with Gasteiger partial charge in [-0.2, -0.15) is 0 Å². The summed E-state index contributed by atoms with van der Waals surface area (Å²) in [6.07, 6.45) is 8.99. The van der Waals surface area contributed by atoms with Crippen molar-refractivity contribution in [2.24, 2.45) is 0 Å². The highest BCUT2D eigenvalue weighted by Crippen LogP contribution is 2.26. The Morgan fingerprint density at radius 3 is 3.00 bits per heavy atom. The van der Waals surface area contributed by atoms with E-state index < -0.39 is 5.60 Å². The van der Waals surface area contributed by atoms with Gasteiger partial charge in [-0.1, -0.05) is 6.07 Å². The lowest BCUT2D eigenvalue weighted by molar-refractivity contribution is -0.132. The second kappa shape index (κ2) is 7.65. The van der Waals surface area contributed by atoms with Crippen LogP contribution in [0.15, 0.2) is 43.1 Å². The zero-order valence-corrected chi connectivity index (χ0v) is 14.6. The van der Waals surface area contributed by atoms with Crippen molar-refractivity contribution in [3.05, 3.63) is 43.1 Å². The van der Waals surface area contributed by atoms with Gasteiger partial charge >= 0.3 is 0 Å². The van der Waals surface area contributed by atoms with Crippen LogP contribution in [0.2, 0.25) is 0 Å². The highest BCUT2D eigenvalue weighted by molar-refractivity contribution is 5.75. The van der Waals surface area contributed by atoms with E-state index in [0.717, 1.165) is 25.3 Å². The van der Waals surface area contributed by atoms with Crippen LogP contribution in [0.4, 0.5) is 5.82 Å². The standard InChI is InChI=1S/C18H25N5O2/c1-21(17(24)6-4-10-22-12-9-19-15-22)13-18(25)7-11-23(14-18)16-5-2-3-8-20-16/h2-3,5,8-9,12,15,25H,4,6-7,10-11,13-14H2,1H3/t18-/m0/s1. The smallest absolute Gasteiger partial charge is 0.222 e. The zero-order chi connectivity index (χ0) is 17.7. The molecule has 25 heavy (non-hydrogen) atoms. The van der Waals surface area contributed by atoms with Crippen molar-refractivity contribution >= 4 is 11.7 Å². The molecule has 3 rings (SSSR count). The maximum Gasteiger partial charge on any atom is 0.222 e. The van der Waals surface area contributed by atoms with Crippen LogP contribution in [-0.2, 0) is 11.3 Å². The Hall–Kier alpha value is -2.41. The lowest BCUT2D eigenvalue weighted by Gasteiger charge is -2.29. The van der Waals surface area contributed by atoms with E-state index in [1.54, 1.807) is 30.7 Å². The predicted octanol–water partition coefficient (Wildman–Crippen LogP) is 1.16. The third kappa shape index (κ3) is 4.57. The fourth-order valence-corrected chi connectivity index (χ4v) is 3.27. The van der Waals surface area contributed by atoms with Crippen LogP contribution in [0.3, 0.4) is 0 Å². The Balaban J connectivity index is 1.46. The van der Waals surface area contributed by atoms with Gasteiger partial charge in [0.2, 0.25) is 5.91 Å². The van der Waals surface area contributed by atoms with E-state index in [2.05, 4.69) is 14.9 Å². The number of nitrogens with zero attached hydrogens (tertiary/aromatic N) is 5. The molecule has 2 aromatic heterocycles. The molecule has 1 saturated heterocycles. The summed E-state index contributed by atoms with van der Waals surface area (Å²) in [5, 5.41) is 10.8. The van der Waals surface area contributed by atoms with Crippen molar-refractivity contribution in [3.8, 4) is 0 Å². The number of pyridine rings is 1. The van der Waals surface area contributed by atoms with Crippen LogP contribution in [0, 0.1) is 0 Å². The number of aliphatic hydroxyl groups is 1. The molecule has 134 valence electrons. The Bertz CT molecular complexity index is 676. The van der Waals surface area contributed by atoms with Gasteiger partial charge in [-0.25, -0.2) is 9.97 Å². The first-order chi connectivity index (χ1) is 12.1. The minimum atomic E-state index is -0.883. The molecule has 0 aliphatic carbocycles. The normalized spacial score (nSPS) is 20.0. The van der Waals surface area contributed by atoms with Crippen molar-refractivity contribution in [2.45, 2.75) is 31.4 Å². The molecule has 1 amide bonds. The van der Waals surface area contributed by atoms with Crippen molar-refractivity contribution in [2.75, 3.05) is 31.6 Å². The van der Waals surface area contributed by atoms with E-state index in [1.807, 2.05) is 29.0 Å². The van der Waals surface area contributed by atoms with E-state index in [4.69, 9.17) is 0 Å². The monoisotopic (exact) mass is 343 g/mol. The number of likely N-dealkylation sites (N-methyl/N-ethyl adjacent to an activating group) is 1. The fraction of sp³-hybridized carbons (Fsp3) is 0.500. The van der Waals surface area contributed by atoms with Gasteiger partial charge in [-0.05, 0) is 25.0 Å². The average molecular weight is 343 g/mol. The topological polar surface area (TPSA) is 74.5 Å². The molecule has 0 bridgehead atoms. The van der Waals surface area contributed by atoms with Gasteiger partial charge < -0.3 is 19.5 Å². The summed E-state index contributed by atoms with van der Waals surface area (Å²) in [6, 6.07) is 5.76. The Morgan fingerprint density at radius 2 is 2.28 bits per heavy atom. The number of amides is 1. The first-order valence-electron chi connectivity index (χ1n) is 8.64. The van der Waals surface area contributed by atoms with Crippen molar-refractivity contribution in [1.82, 2.24) is 19.4 Å². The van der Waals surface area contributed by atoms with Crippen LogP contribution in [-0.4, -0.2) is 62.7 Å². The predicted molar refractivity (Wildman–Crippen MR) is 95.1 cm³/mol. The third-order valence-corrected chi connectivity index (χ3v) is 4.63. The van der Waals surface area contributed by atoms with Gasteiger partial charge in [0, 0.05) is 51.7 Å². The van der Waals surface area contributed by atoms with Gasteiger partial charge in [-0.15, -0.1) is 0 Å². The van der Waals surface area contributed by atoms with Gasteiger partial charge in [0.05, 0.1) is 12.9 Å². The molecule has 0 radical (unpaired) electrons. The largest absolute Gasteiger partial charge is 0.386 e. The second-order valence-corrected chi connectivity index (χ2v) is 6.74. The summed E-state index contributed by atoms with van der Waals surface area (Å²) >= 11 is 0. The van der Waals surface area contributed by atoms with E-state index in [9.17, 15) is 9.90 Å². The zero-order valence-electron chi connectivity index (χ0n) is 14.6. The molecule has 0 spiro atoms. The Labute approximate surface area is 147 Å². The first-order valence-corrected chi connectivity index (χ1v) is 8.64. The average Bonchev–Trinajstić information content (AvgIpc) is 3.25. The Kier molecular flexibility index (Phi) is 5.33. The fourth-order valence-electron chi connectivity index (χ4n) is 3.27. The second-order valence-electron chi connectivity index (χ2n) is 6.74. The van der Waals surface area contributed by atoms with Crippen LogP contribution in [0.5, 0.6) is 0 Å². The molecule has 7 heteroatoms. The summed E-state index contributed by atoms with van der Waals surface area (Å²) in [7, 11) is 1.76. The van der Waals surface area contributed by atoms with Crippen LogP contribution in [0.1, 0.15) is 19.3 Å². The number of rotatable bonds is 7. The number of aryl methyl sites for hydroxylation is 1. The molecule has 1 atom stereocenters. The van der Waals surface area contributed by atoms with Crippen molar-refractivity contribution < 1.29 is 9.90 Å². The minimum absolute atomic E-state index is 0.0600. The first kappa shape index (κ1) is 17.4. The maximum absolute atomic E-state index is 12.3. The number of anilines is 1. The van der Waals surface area contributed by atoms with E-state index in [0.29, 0.717) is 25.9 Å². The SMILES string of the molecule is CN(C[C@@]1(O)CCN(c2ccccn2)C1)C(=O)CCCn1ccnc1. The van der Waals surface area contributed by atoms with Gasteiger partial charge in [0.25, 0.3) is 0 Å².